The van der Waals surface area contributed by atoms with Crippen LogP contribution >= 0.6 is 0 Å². The molecule has 382 valence electrons. The van der Waals surface area contributed by atoms with Gasteiger partial charge in [-0.05, 0) is 77.0 Å². The third-order valence-electron chi connectivity index (χ3n) is 11.3. The maximum absolute atomic E-state index is 12.9. The van der Waals surface area contributed by atoms with Crippen molar-refractivity contribution in [1.82, 2.24) is 0 Å². The molecule has 4 N–H and O–H groups in total. The van der Waals surface area contributed by atoms with Crippen LogP contribution in [0.4, 0.5) is 0 Å². The molecule has 1 aliphatic rings. The van der Waals surface area contributed by atoms with Crippen LogP contribution in [0.5, 0.6) is 0 Å². The lowest BCUT2D eigenvalue weighted by molar-refractivity contribution is -0.301. The Balaban J connectivity index is 2.32. The predicted molar refractivity (Wildman–Crippen MR) is 266 cm³/mol. The van der Waals surface area contributed by atoms with Crippen LogP contribution in [0.3, 0.4) is 0 Å². The minimum Gasteiger partial charge on any atom is -0.457 e. The Labute approximate surface area is 401 Å². The van der Waals surface area contributed by atoms with Gasteiger partial charge in [-0.15, -0.1) is 0 Å². The Morgan fingerprint density at radius 3 is 1.53 bits per heavy atom. The zero-order valence-electron chi connectivity index (χ0n) is 41.0. The zero-order chi connectivity index (χ0) is 48.2. The molecule has 1 rings (SSSR count). The van der Waals surface area contributed by atoms with E-state index < -0.39 is 59.8 Å². The van der Waals surface area contributed by atoms with Crippen LogP contribution < -0.4 is 0 Å². The van der Waals surface area contributed by atoms with E-state index in [4.69, 9.17) is 18.9 Å². The smallest absolute Gasteiger partial charge is 0.397 e. The van der Waals surface area contributed by atoms with Crippen molar-refractivity contribution in [3.63, 3.8) is 0 Å². The van der Waals surface area contributed by atoms with E-state index in [9.17, 15) is 33.1 Å². The Kier molecular flexibility index (Phi) is 40.8. The summed E-state index contributed by atoms with van der Waals surface area (Å²) in [6.45, 7) is 3.79. The molecular weight excluding hydrogens is 861 g/mol. The zero-order valence-corrected chi connectivity index (χ0v) is 41.8. The fourth-order valence-electron chi connectivity index (χ4n) is 7.47. The average Bonchev–Trinajstić information content (AvgIpc) is 3.29. The first kappa shape index (κ1) is 61.6. The Morgan fingerprint density at radius 1 is 0.591 bits per heavy atom. The highest BCUT2D eigenvalue weighted by Gasteiger charge is 2.48. The summed E-state index contributed by atoms with van der Waals surface area (Å²) in [5.74, 6) is -0.408. The molecule has 13 heteroatoms. The highest BCUT2D eigenvalue weighted by molar-refractivity contribution is 7.80. The maximum atomic E-state index is 12.9. The van der Waals surface area contributed by atoms with E-state index in [1.165, 1.54) is 70.6 Å². The van der Waals surface area contributed by atoms with Gasteiger partial charge in [-0.1, -0.05) is 183 Å². The molecule has 12 nitrogen and oxygen atoms in total. The largest absolute Gasteiger partial charge is 0.457 e. The maximum Gasteiger partial charge on any atom is 0.397 e. The molecule has 0 aromatic heterocycles. The summed E-state index contributed by atoms with van der Waals surface area (Å²) in [7, 11) is -5.07. The summed E-state index contributed by atoms with van der Waals surface area (Å²) in [5.41, 5.74) is 0. The summed E-state index contributed by atoms with van der Waals surface area (Å²) in [4.78, 5) is 12.9. The molecule has 1 fully saturated rings. The standard InChI is InChI=1S/C53H92O12S/c1-3-5-7-9-11-13-15-17-19-20-21-22-23-24-25-26-27-28-29-30-32-34-36-38-40-42-49(55)63-47(45-61-43-41-39-37-35-33-31-18-16-14-12-10-8-6-4-2)46-62-53-51(57)52(65-66(58,59)60)50(56)48(44-54)64-53/h5,7-8,10-11,13-14,16-17,19,21-22,47-48,50-54,56-57H,3-4,6,9,12,15,18,20,23-46H2,1-2H3,(H,58,59,60)/b7-5-,10-8-,13-11-,16-14-,19-17-,22-21-. The molecule has 0 aliphatic carbocycles. The first-order valence-electron chi connectivity index (χ1n) is 25.7. The molecule has 0 amide bonds. The summed E-state index contributed by atoms with van der Waals surface area (Å²) in [6, 6.07) is 0. The molecule has 0 spiro atoms. The molecule has 1 heterocycles. The van der Waals surface area contributed by atoms with Crippen LogP contribution in [0, 0.1) is 0 Å². The number of hydrogen-bond acceptors (Lipinski definition) is 11. The second kappa shape index (κ2) is 43.8. The molecule has 6 unspecified atom stereocenters. The third kappa shape index (κ3) is 36.6. The van der Waals surface area contributed by atoms with Crippen molar-refractivity contribution >= 4 is 16.4 Å². The van der Waals surface area contributed by atoms with Crippen LogP contribution in [-0.2, 0) is 38.3 Å². The second-order valence-electron chi connectivity index (χ2n) is 17.4. The molecular formula is C53H92O12S. The lowest BCUT2D eigenvalue weighted by atomic mass is 9.99. The van der Waals surface area contributed by atoms with Gasteiger partial charge in [0.2, 0.25) is 0 Å². The van der Waals surface area contributed by atoms with Gasteiger partial charge in [0.05, 0.1) is 19.8 Å². The number of esters is 1. The van der Waals surface area contributed by atoms with Gasteiger partial charge < -0.3 is 34.3 Å². The van der Waals surface area contributed by atoms with Gasteiger partial charge in [0.15, 0.2) is 6.29 Å². The number of allylic oxidation sites excluding steroid dienone is 12. The van der Waals surface area contributed by atoms with Gasteiger partial charge in [-0.25, -0.2) is 4.18 Å². The van der Waals surface area contributed by atoms with E-state index in [-0.39, 0.29) is 19.6 Å². The van der Waals surface area contributed by atoms with Crippen molar-refractivity contribution in [2.24, 2.45) is 0 Å². The van der Waals surface area contributed by atoms with Crippen molar-refractivity contribution in [1.29, 1.82) is 0 Å². The number of carbonyl (C=O) groups excluding carboxylic acids is 1. The molecule has 0 aromatic carbocycles. The van der Waals surface area contributed by atoms with Gasteiger partial charge in [0.1, 0.15) is 30.5 Å². The van der Waals surface area contributed by atoms with Gasteiger partial charge in [-0.2, -0.15) is 8.42 Å². The van der Waals surface area contributed by atoms with Crippen molar-refractivity contribution in [3.8, 4) is 0 Å². The van der Waals surface area contributed by atoms with Crippen molar-refractivity contribution in [3.05, 3.63) is 72.9 Å². The number of aliphatic hydroxyl groups excluding tert-OH is 3. The monoisotopic (exact) mass is 953 g/mol. The second-order valence-corrected chi connectivity index (χ2v) is 18.4. The van der Waals surface area contributed by atoms with E-state index in [2.05, 4.69) is 90.9 Å². The van der Waals surface area contributed by atoms with E-state index in [1.807, 2.05) is 0 Å². The molecule has 0 aromatic rings. The van der Waals surface area contributed by atoms with E-state index >= 15 is 0 Å². The average molecular weight is 953 g/mol. The van der Waals surface area contributed by atoms with Crippen LogP contribution in [0.2, 0.25) is 0 Å². The Morgan fingerprint density at radius 2 is 1.05 bits per heavy atom. The summed E-state index contributed by atoms with van der Waals surface area (Å²) >= 11 is 0. The minimum absolute atomic E-state index is 0.0254. The number of ether oxygens (including phenoxy) is 4. The van der Waals surface area contributed by atoms with Crippen LogP contribution in [0.1, 0.15) is 194 Å². The Hall–Kier alpha value is -2.46. The molecule has 6 atom stereocenters. The fraction of sp³-hybridized carbons (Fsp3) is 0.755. The lowest BCUT2D eigenvalue weighted by Crippen LogP contribution is -2.60. The molecule has 0 saturated carbocycles. The van der Waals surface area contributed by atoms with Crippen LogP contribution in [0.25, 0.3) is 0 Å². The third-order valence-corrected chi connectivity index (χ3v) is 11.8. The molecule has 66 heavy (non-hydrogen) atoms. The lowest BCUT2D eigenvalue weighted by Gasteiger charge is -2.41. The quantitative estimate of drug-likeness (QED) is 0.0197. The van der Waals surface area contributed by atoms with Crippen LogP contribution in [-0.4, -0.2) is 97.5 Å². The van der Waals surface area contributed by atoms with Crippen molar-refractivity contribution < 1.29 is 56.2 Å². The van der Waals surface area contributed by atoms with E-state index in [1.54, 1.807) is 0 Å². The molecule has 1 aliphatic heterocycles. The number of rotatable bonds is 44. The number of unbranched alkanes of at least 4 members (excludes halogenated alkanes) is 19. The van der Waals surface area contributed by atoms with Gasteiger partial charge in [0, 0.05) is 13.0 Å². The minimum atomic E-state index is -5.07. The SMILES string of the molecule is CC/C=C\C/C=C\C/C=C\C/C=C\CCCCCCCCCCCCCCC(=O)OC(COCCCCCCCC/C=C\C/C=C\CCC)COC1OC(CO)C(O)C(OS(=O)(=O)O)C1O. The van der Waals surface area contributed by atoms with Crippen LogP contribution in [0.15, 0.2) is 72.9 Å². The highest BCUT2D eigenvalue weighted by Crippen LogP contribution is 2.26. The highest BCUT2D eigenvalue weighted by atomic mass is 32.3. The van der Waals surface area contributed by atoms with Gasteiger partial charge >= 0.3 is 16.4 Å². The van der Waals surface area contributed by atoms with Crippen molar-refractivity contribution in [2.45, 2.75) is 230 Å². The summed E-state index contributed by atoms with van der Waals surface area (Å²) in [5, 5.41) is 30.7. The first-order chi connectivity index (χ1) is 32.1. The number of aliphatic hydroxyl groups is 3. The number of hydrogen-bond donors (Lipinski definition) is 4. The normalized spacial score (nSPS) is 20.1. The Bertz CT molecular complexity index is 1420. The number of carbonyl (C=O) groups is 1. The van der Waals surface area contributed by atoms with Crippen molar-refractivity contribution in [2.75, 3.05) is 26.4 Å². The first-order valence-corrected chi connectivity index (χ1v) is 27.1. The predicted octanol–water partition coefficient (Wildman–Crippen LogP) is 11.9. The van der Waals surface area contributed by atoms with E-state index in [0.717, 1.165) is 96.3 Å². The molecule has 1 saturated heterocycles. The topological polar surface area (TPSA) is 178 Å². The molecule has 0 radical (unpaired) electrons. The van der Waals surface area contributed by atoms with Gasteiger partial charge in [-0.3, -0.25) is 9.35 Å². The fourth-order valence-corrected chi connectivity index (χ4v) is 7.97. The summed E-state index contributed by atoms with van der Waals surface area (Å²) < 4.78 is 59.2. The summed E-state index contributed by atoms with van der Waals surface area (Å²) in [6.07, 6.45) is 47.9. The van der Waals surface area contributed by atoms with E-state index in [0.29, 0.717) is 13.0 Å². The molecule has 0 bridgehead atoms. The van der Waals surface area contributed by atoms with Gasteiger partial charge in [0.25, 0.3) is 0 Å².